The summed E-state index contributed by atoms with van der Waals surface area (Å²) in [6.07, 6.45) is 1.57. The largest absolute Gasteiger partial charge is 0.481 e. The lowest BCUT2D eigenvalue weighted by Crippen LogP contribution is -1.83. The normalized spacial score (nSPS) is 11.3. The van der Waals surface area contributed by atoms with Gasteiger partial charge in [-0.3, -0.25) is 0 Å². The second-order valence-corrected chi connectivity index (χ2v) is 2.60. The topological polar surface area (TPSA) is 29.5 Å². The molecular formula is C10H12O2. The fourth-order valence-electron chi connectivity index (χ4n) is 0.864. The maximum absolute atomic E-state index is 9.02. The van der Waals surface area contributed by atoms with Gasteiger partial charge in [-0.15, -0.1) is 0 Å². The first-order chi connectivity index (χ1) is 5.72. The lowest BCUT2D eigenvalue weighted by Gasteiger charge is -1.97. The summed E-state index contributed by atoms with van der Waals surface area (Å²) in [6, 6.07) is 7.80. The molecule has 1 aromatic rings. The Bertz CT molecular complexity index is 272. The zero-order chi connectivity index (χ0) is 8.97. The number of methoxy groups -OCH3 is 1. The van der Waals surface area contributed by atoms with Crippen LogP contribution in [0.3, 0.4) is 0 Å². The zero-order valence-electron chi connectivity index (χ0n) is 7.24. The number of hydrogen-bond acceptors (Lipinski definition) is 2. The lowest BCUT2D eigenvalue weighted by molar-refractivity contribution is 0.141. The van der Waals surface area contributed by atoms with Gasteiger partial charge in [0.2, 0.25) is 0 Å². The first-order valence-electron chi connectivity index (χ1n) is 3.73. The Morgan fingerprint density at radius 2 is 1.92 bits per heavy atom. The maximum Gasteiger partial charge on any atom is 0.276 e. The molecule has 1 rings (SSSR count). The third-order valence-electron chi connectivity index (χ3n) is 1.58. The Morgan fingerprint density at radius 3 is 2.42 bits per heavy atom. The molecule has 0 bridgehead atoms. The summed E-state index contributed by atoms with van der Waals surface area (Å²) in [4.78, 5) is 0. The number of ether oxygens (including phenoxy) is 1. The molecule has 2 heteroatoms. The van der Waals surface area contributed by atoms with Crippen LogP contribution in [-0.2, 0) is 4.74 Å². The van der Waals surface area contributed by atoms with Crippen molar-refractivity contribution in [2.45, 2.75) is 6.92 Å². The standard InChI is InChI=1S/C10H12O2/c1-8-3-5-9(6-4-8)7-10(11)12-2/h3-7,11H,1-2H3. The second-order valence-electron chi connectivity index (χ2n) is 2.60. The molecule has 0 fully saturated rings. The van der Waals surface area contributed by atoms with Gasteiger partial charge in [-0.05, 0) is 12.5 Å². The van der Waals surface area contributed by atoms with Crippen molar-refractivity contribution in [3.8, 4) is 0 Å². The van der Waals surface area contributed by atoms with E-state index in [0.29, 0.717) is 0 Å². The lowest BCUT2D eigenvalue weighted by atomic mass is 10.1. The van der Waals surface area contributed by atoms with E-state index in [4.69, 9.17) is 5.11 Å². The van der Waals surface area contributed by atoms with Crippen LogP contribution in [0.25, 0.3) is 6.08 Å². The molecule has 0 radical (unpaired) electrons. The molecule has 0 aliphatic heterocycles. The summed E-state index contributed by atoms with van der Waals surface area (Å²) in [5.41, 5.74) is 2.13. The average Bonchev–Trinajstić information content (AvgIpc) is 2.09. The number of aliphatic hydroxyl groups is 1. The second kappa shape index (κ2) is 3.81. The van der Waals surface area contributed by atoms with E-state index >= 15 is 0 Å². The summed E-state index contributed by atoms with van der Waals surface area (Å²) in [5, 5.41) is 9.02. The Morgan fingerprint density at radius 1 is 1.33 bits per heavy atom. The molecule has 0 aromatic heterocycles. The highest BCUT2D eigenvalue weighted by Gasteiger charge is 1.91. The molecule has 1 N–H and O–H groups in total. The molecule has 0 heterocycles. The average molecular weight is 164 g/mol. The van der Waals surface area contributed by atoms with Gasteiger partial charge in [-0.25, -0.2) is 0 Å². The molecule has 0 aliphatic carbocycles. The molecule has 0 atom stereocenters. The molecule has 12 heavy (non-hydrogen) atoms. The van der Waals surface area contributed by atoms with Crippen molar-refractivity contribution in [2.24, 2.45) is 0 Å². The van der Waals surface area contributed by atoms with Crippen LogP contribution in [0, 0.1) is 6.92 Å². The van der Waals surface area contributed by atoms with E-state index in [9.17, 15) is 0 Å². The van der Waals surface area contributed by atoms with Crippen LogP contribution in [0.4, 0.5) is 0 Å². The zero-order valence-corrected chi connectivity index (χ0v) is 7.24. The van der Waals surface area contributed by atoms with Crippen molar-refractivity contribution in [1.29, 1.82) is 0 Å². The molecular weight excluding hydrogens is 152 g/mol. The van der Waals surface area contributed by atoms with Gasteiger partial charge in [0.1, 0.15) is 0 Å². The van der Waals surface area contributed by atoms with E-state index in [1.807, 2.05) is 31.2 Å². The van der Waals surface area contributed by atoms with Gasteiger partial charge in [0.25, 0.3) is 5.95 Å². The quantitative estimate of drug-likeness (QED) is 0.680. The summed E-state index contributed by atoms with van der Waals surface area (Å²) in [5.74, 6) is -0.0705. The van der Waals surface area contributed by atoms with Crippen LogP contribution in [0.15, 0.2) is 30.2 Å². The minimum absolute atomic E-state index is 0.0705. The first kappa shape index (κ1) is 8.65. The minimum Gasteiger partial charge on any atom is -0.481 e. The van der Waals surface area contributed by atoms with Crippen LogP contribution in [0.5, 0.6) is 0 Å². The van der Waals surface area contributed by atoms with E-state index in [-0.39, 0.29) is 5.95 Å². The number of rotatable bonds is 2. The molecule has 0 amide bonds. The third-order valence-corrected chi connectivity index (χ3v) is 1.58. The molecule has 0 unspecified atom stereocenters. The van der Waals surface area contributed by atoms with Gasteiger partial charge in [0.05, 0.1) is 7.11 Å². The highest BCUT2D eigenvalue weighted by atomic mass is 16.6. The Hall–Kier alpha value is -1.44. The van der Waals surface area contributed by atoms with Gasteiger partial charge in [0.15, 0.2) is 0 Å². The van der Waals surface area contributed by atoms with Crippen LogP contribution in [0.2, 0.25) is 0 Å². The van der Waals surface area contributed by atoms with Crippen LogP contribution in [0.1, 0.15) is 11.1 Å². The van der Waals surface area contributed by atoms with Gasteiger partial charge in [-0.1, -0.05) is 29.8 Å². The monoisotopic (exact) mass is 164 g/mol. The predicted octanol–water partition coefficient (Wildman–Crippen LogP) is 2.50. The van der Waals surface area contributed by atoms with Crippen molar-refractivity contribution >= 4 is 6.08 Å². The van der Waals surface area contributed by atoms with Crippen LogP contribution in [-0.4, -0.2) is 12.2 Å². The predicted molar refractivity (Wildman–Crippen MR) is 48.8 cm³/mol. The molecule has 64 valence electrons. The van der Waals surface area contributed by atoms with Crippen LogP contribution < -0.4 is 0 Å². The number of hydrogen-bond donors (Lipinski definition) is 1. The van der Waals surface area contributed by atoms with E-state index < -0.39 is 0 Å². The van der Waals surface area contributed by atoms with Crippen molar-refractivity contribution in [2.75, 3.05) is 7.11 Å². The molecule has 1 aromatic carbocycles. The van der Waals surface area contributed by atoms with Gasteiger partial charge < -0.3 is 9.84 Å². The molecule has 0 saturated heterocycles. The van der Waals surface area contributed by atoms with Gasteiger partial charge >= 0.3 is 0 Å². The van der Waals surface area contributed by atoms with Crippen molar-refractivity contribution < 1.29 is 9.84 Å². The molecule has 2 nitrogen and oxygen atoms in total. The van der Waals surface area contributed by atoms with Crippen LogP contribution >= 0.6 is 0 Å². The Labute approximate surface area is 72.1 Å². The van der Waals surface area contributed by atoms with E-state index in [2.05, 4.69) is 4.74 Å². The van der Waals surface area contributed by atoms with Crippen molar-refractivity contribution in [3.63, 3.8) is 0 Å². The molecule has 0 aliphatic rings. The SMILES string of the molecule is COC(O)=Cc1ccc(C)cc1. The number of aryl methyl sites for hydroxylation is 1. The van der Waals surface area contributed by atoms with E-state index in [0.717, 1.165) is 5.56 Å². The summed E-state index contributed by atoms with van der Waals surface area (Å²) in [7, 11) is 1.43. The van der Waals surface area contributed by atoms with Gasteiger partial charge in [0, 0.05) is 6.08 Å². The fourth-order valence-corrected chi connectivity index (χ4v) is 0.864. The molecule has 0 saturated carbocycles. The number of aliphatic hydroxyl groups excluding tert-OH is 1. The van der Waals surface area contributed by atoms with Crippen molar-refractivity contribution in [1.82, 2.24) is 0 Å². The summed E-state index contributed by atoms with van der Waals surface area (Å²) < 4.78 is 4.60. The summed E-state index contributed by atoms with van der Waals surface area (Å²) >= 11 is 0. The van der Waals surface area contributed by atoms with E-state index in [1.165, 1.54) is 12.7 Å². The summed E-state index contributed by atoms with van der Waals surface area (Å²) in [6.45, 7) is 2.02. The highest BCUT2D eigenvalue weighted by Crippen LogP contribution is 2.07. The van der Waals surface area contributed by atoms with Crippen molar-refractivity contribution in [3.05, 3.63) is 41.3 Å². The first-order valence-corrected chi connectivity index (χ1v) is 3.73. The maximum atomic E-state index is 9.02. The Balaban J connectivity index is 2.84. The molecule has 0 spiro atoms. The minimum atomic E-state index is -0.0705. The smallest absolute Gasteiger partial charge is 0.276 e. The third kappa shape index (κ3) is 2.31. The fraction of sp³-hybridized carbons (Fsp3) is 0.200. The Kier molecular flexibility index (Phi) is 2.75. The van der Waals surface area contributed by atoms with E-state index in [1.54, 1.807) is 6.08 Å². The number of benzene rings is 1. The van der Waals surface area contributed by atoms with Gasteiger partial charge in [-0.2, -0.15) is 0 Å². The highest BCUT2D eigenvalue weighted by molar-refractivity contribution is 5.49.